The van der Waals surface area contributed by atoms with Crippen molar-refractivity contribution in [2.45, 2.75) is 0 Å². The maximum absolute atomic E-state index is 11.7. The van der Waals surface area contributed by atoms with E-state index in [0.717, 1.165) is 9.85 Å². The molecule has 0 saturated heterocycles. The lowest BCUT2D eigenvalue weighted by Crippen LogP contribution is -2.11. The first-order valence-electron chi connectivity index (χ1n) is 4.50. The first kappa shape index (κ1) is 11.9. The summed E-state index contributed by atoms with van der Waals surface area (Å²) in [5, 5.41) is 21.5. The van der Waals surface area contributed by atoms with Crippen molar-refractivity contribution in [3.63, 3.8) is 0 Å². The first-order valence-corrected chi connectivity index (χ1v) is 6.11. The van der Waals surface area contributed by atoms with Gasteiger partial charge in [0.2, 0.25) is 0 Å². The molecule has 0 radical (unpaired) electrons. The Labute approximate surface area is 109 Å². The molecule has 5 nitrogen and oxygen atoms in total. The lowest BCUT2D eigenvalue weighted by atomic mass is 10.2. The van der Waals surface area contributed by atoms with Gasteiger partial charge < -0.3 is 10.2 Å². The van der Waals surface area contributed by atoms with Crippen LogP contribution in [-0.2, 0) is 0 Å². The maximum atomic E-state index is 11.7. The number of nitrogens with zero attached hydrogens (tertiary/aromatic N) is 1. The number of aromatic hydroxyl groups is 2. The molecular weight excluding hydrogens is 308 g/mol. The number of amides is 1. The van der Waals surface area contributed by atoms with Crippen LogP contribution < -0.4 is 5.32 Å². The molecule has 3 N–H and O–H groups in total. The number of phenols is 2. The molecule has 0 aliphatic carbocycles. The Morgan fingerprint density at radius 3 is 2.47 bits per heavy atom. The van der Waals surface area contributed by atoms with Gasteiger partial charge in [0.15, 0.2) is 5.13 Å². The van der Waals surface area contributed by atoms with E-state index in [1.807, 2.05) is 0 Å². The van der Waals surface area contributed by atoms with Crippen molar-refractivity contribution < 1.29 is 15.0 Å². The van der Waals surface area contributed by atoms with Crippen molar-refractivity contribution in [2.75, 3.05) is 5.32 Å². The van der Waals surface area contributed by atoms with Crippen LogP contribution >= 0.6 is 27.3 Å². The van der Waals surface area contributed by atoms with Gasteiger partial charge in [-0.25, -0.2) is 4.98 Å². The summed E-state index contributed by atoms with van der Waals surface area (Å²) in [6.07, 6.45) is 1.57. The van der Waals surface area contributed by atoms with E-state index in [0.29, 0.717) is 5.13 Å². The van der Waals surface area contributed by atoms with Crippen molar-refractivity contribution in [1.82, 2.24) is 4.98 Å². The van der Waals surface area contributed by atoms with Gasteiger partial charge >= 0.3 is 0 Å². The molecular formula is C10H7BrN2O3S. The topological polar surface area (TPSA) is 82.5 Å². The molecule has 7 heteroatoms. The Bertz CT molecular complexity index is 550. The number of hydrogen-bond acceptors (Lipinski definition) is 5. The number of benzene rings is 1. The number of hydrogen-bond donors (Lipinski definition) is 3. The largest absolute Gasteiger partial charge is 0.508 e. The summed E-state index contributed by atoms with van der Waals surface area (Å²) in [5.74, 6) is -0.788. The normalized spacial score (nSPS) is 10.2. The van der Waals surface area contributed by atoms with E-state index in [4.69, 9.17) is 0 Å². The highest BCUT2D eigenvalue weighted by atomic mass is 79.9. The van der Waals surface area contributed by atoms with Gasteiger partial charge in [0, 0.05) is 11.6 Å². The standard InChI is InChI=1S/C10H7BrN2O3S/c11-8-4-12-10(17-8)13-9(16)5-1-6(14)3-7(15)2-5/h1-4,14-15H,(H,12,13,16). The van der Waals surface area contributed by atoms with Crippen molar-refractivity contribution in [3.8, 4) is 11.5 Å². The molecule has 0 aliphatic heterocycles. The average Bonchev–Trinajstić information content (AvgIpc) is 2.62. The van der Waals surface area contributed by atoms with Gasteiger partial charge in [0.25, 0.3) is 5.91 Å². The zero-order valence-electron chi connectivity index (χ0n) is 8.35. The van der Waals surface area contributed by atoms with Gasteiger partial charge in [-0.3, -0.25) is 10.1 Å². The fourth-order valence-corrected chi connectivity index (χ4v) is 2.31. The summed E-state index contributed by atoms with van der Waals surface area (Å²) in [5.41, 5.74) is 0.161. The number of thiazole rings is 1. The van der Waals surface area contributed by atoms with Crippen LogP contribution in [0.15, 0.2) is 28.2 Å². The number of nitrogens with one attached hydrogen (secondary N) is 1. The molecule has 1 amide bonds. The van der Waals surface area contributed by atoms with Gasteiger partial charge in [-0.1, -0.05) is 11.3 Å². The van der Waals surface area contributed by atoms with Crippen molar-refractivity contribution in [1.29, 1.82) is 0 Å². The third-order valence-corrected chi connectivity index (χ3v) is 3.25. The number of halogens is 1. The van der Waals surface area contributed by atoms with E-state index >= 15 is 0 Å². The van der Waals surface area contributed by atoms with Crippen LogP contribution in [0.4, 0.5) is 5.13 Å². The number of phenolic OH excluding ortho intramolecular Hbond substituents is 2. The minimum absolute atomic E-state index is 0.161. The number of anilines is 1. The first-order chi connectivity index (χ1) is 8.04. The Kier molecular flexibility index (Phi) is 3.30. The number of carbonyl (C=O) groups excluding carboxylic acids is 1. The Morgan fingerprint density at radius 2 is 1.94 bits per heavy atom. The van der Waals surface area contributed by atoms with Crippen LogP contribution in [0.5, 0.6) is 11.5 Å². The highest BCUT2D eigenvalue weighted by Gasteiger charge is 2.10. The molecule has 1 heterocycles. The smallest absolute Gasteiger partial charge is 0.257 e. The molecule has 17 heavy (non-hydrogen) atoms. The third-order valence-electron chi connectivity index (χ3n) is 1.86. The van der Waals surface area contributed by atoms with E-state index in [1.165, 1.54) is 23.5 Å². The fraction of sp³-hybridized carbons (Fsp3) is 0. The molecule has 2 aromatic rings. The predicted molar refractivity (Wildman–Crippen MR) is 67.5 cm³/mol. The maximum Gasteiger partial charge on any atom is 0.257 e. The van der Waals surface area contributed by atoms with Crippen LogP contribution in [0.3, 0.4) is 0 Å². The molecule has 0 saturated carbocycles. The molecule has 2 rings (SSSR count). The second kappa shape index (κ2) is 4.72. The summed E-state index contributed by atoms with van der Waals surface area (Å²) in [4.78, 5) is 15.7. The zero-order valence-corrected chi connectivity index (χ0v) is 10.7. The lowest BCUT2D eigenvalue weighted by Gasteiger charge is -2.03. The highest BCUT2D eigenvalue weighted by Crippen LogP contribution is 2.25. The lowest BCUT2D eigenvalue weighted by molar-refractivity contribution is 0.102. The zero-order chi connectivity index (χ0) is 12.4. The number of rotatable bonds is 2. The minimum Gasteiger partial charge on any atom is -0.508 e. The monoisotopic (exact) mass is 314 g/mol. The van der Waals surface area contributed by atoms with E-state index in [9.17, 15) is 15.0 Å². The summed E-state index contributed by atoms with van der Waals surface area (Å²) in [6, 6.07) is 3.67. The third kappa shape index (κ3) is 2.95. The van der Waals surface area contributed by atoms with Crippen molar-refractivity contribution >= 4 is 38.3 Å². The summed E-state index contributed by atoms with van der Waals surface area (Å²) < 4.78 is 0.798. The Balaban J connectivity index is 2.19. The van der Waals surface area contributed by atoms with Gasteiger partial charge in [-0.15, -0.1) is 0 Å². The van der Waals surface area contributed by atoms with E-state index < -0.39 is 5.91 Å². The summed E-state index contributed by atoms with van der Waals surface area (Å²) >= 11 is 4.49. The minimum atomic E-state index is -0.446. The second-order valence-electron chi connectivity index (χ2n) is 3.16. The fourth-order valence-electron chi connectivity index (χ4n) is 1.21. The summed E-state index contributed by atoms with van der Waals surface area (Å²) in [6.45, 7) is 0. The molecule has 1 aromatic carbocycles. The van der Waals surface area contributed by atoms with Crippen LogP contribution in [0.1, 0.15) is 10.4 Å². The van der Waals surface area contributed by atoms with E-state index in [-0.39, 0.29) is 17.1 Å². The highest BCUT2D eigenvalue weighted by molar-refractivity contribution is 9.11. The second-order valence-corrected chi connectivity index (χ2v) is 5.57. The van der Waals surface area contributed by atoms with Crippen LogP contribution in [0.2, 0.25) is 0 Å². The number of aromatic nitrogens is 1. The average molecular weight is 315 g/mol. The van der Waals surface area contributed by atoms with Gasteiger partial charge in [0.1, 0.15) is 11.5 Å². The molecule has 0 atom stereocenters. The van der Waals surface area contributed by atoms with Crippen LogP contribution in [-0.4, -0.2) is 21.1 Å². The Morgan fingerprint density at radius 1 is 1.29 bits per heavy atom. The predicted octanol–water partition coefficient (Wildman–Crippen LogP) is 2.57. The van der Waals surface area contributed by atoms with Crippen LogP contribution in [0.25, 0.3) is 0 Å². The van der Waals surface area contributed by atoms with Gasteiger partial charge in [0.05, 0.1) is 9.98 Å². The molecule has 1 aromatic heterocycles. The molecule has 0 fully saturated rings. The molecule has 88 valence electrons. The van der Waals surface area contributed by atoms with Crippen LogP contribution in [0, 0.1) is 0 Å². The Hall–Kier alpha value is -1.60. The quantitative estimate of drug-likeness (QED) is 0.795. The number of carbonyl (C=O) groups is 1. The van der Waals surface area contributed by atoms with Gasteiger partial charge in [-0.05, 0) is 28.1 Å². The molecule has 0 bridgehead atoms. The SMILES string of the molecule is O=C(Nc1ncc(Br)s1)c1cc(O)cc(O)c1. The van der Waals surface area contributed by atoms with Crippen molar-refractivity contribution in [2.24, 2.45) is 0 Å². The van der Waals surface area contributed by atoms with E-state index in [2.05, 4.69) is 26.2 Å². The van der Waals surface area contributed by atoms with E-state index in [1.54, 1.807) is 6.20 Å². The molecule has 0 unspecified atom stereocenters. The molecule has 0 spiro atoms. The molecule has 0 aliphatic rings. The van der Waals surface area contributed by atoms with Gasteiger partial charge in [-0.2, -0.15) is 0 Å². The van der Waals surface area contributed by atoms with Crippen molar-refractivity contribution in [3.05, 3.63) is 33.7 Å². The summed E-state index contributed by atoms with van der Waals surface area (Å²) in [7, 11) is 0.